The number of hydrogen-bond donors (Lipinski definition) is 0. The number of aldehydes is 2. The summed E-state index contributed by atoms with van der Waals surface area (Å²) in [6.45, 7) is 1.03. The van der Waals surface area contributed by atoms with Crippen molar-refractivity contribution in [3.63, 3.8) is 0 Å². The quantitative estimate of drug-likeness (QED) is 0.544. The van der Waals surface area contributed by atoms with Crippen molar-refractivity contribution >= 4 is 36.1 Å². The van der Waals surface area contributed by atoms with Gasteiger partial charge in [0.25, 0.3) is 0 Å². The zero-order valence-corrected chi connectivity index (χ0v) is 14.5. The van der Waals surface area contributed by atoms with Crippen LogP contribution in [0.4, 0.5) is 0 Å². The minimum atomic E-state index is -0.00944. The fourth-order valence-corrected chi connectivity index (χ4v) is 2.59. The molecular formula is C16H22O4S2. The fraction of sp³-hybridized carbons (Fsp3) is 0.500. The zero-order valence-electron chi connectivity index (χ0n) is 12.9. The minimum Gasteiger partial charge on any atom is -0.494 e. The lowest BCUT2D eigenvalue weighted by Gasteiger charge is -2.11. The maximum Gasteiger partial charge on any atom is 0.133 e. The van der Waals surface area contributed by atoms with E-state index in [9.17, 15) is 9.59 Å². The van der Waals surface area contributed by atoms with Gasteiger partial charge in [0, 0.05) is 0 Å². The van der Waals surface area contributed by atoms with Gasteiger partial charge in [0.2, 0.25) is 0 Å². The highest BCUT2D eigenvalue weighted by molar-refractivity contribution is 8.00. The van der Waals surface area contributed by atoms with Gasteiger partial charge in [0.1, 0.15) is 24.1 Å². The Morgan fingerprint density at radius 2 is 1.23 bits per heavy atom. The van der Waals surface area contributed by atoms with E-state index >= 15 is 0 Å². The molecule has 0 aliphatic heterocycles. The van der Waals surface area contributed by atoms with E-state index < -0.39 is 0 Å². The summed E-state index contributed by atoms with van der Waals surface area (Å²) in [7, 11) is 0. The molecule has 2 atom stereocenters. The molecule has 1 aromatic rings. The number of benzene rings is 1. The van der Waals surface area contributed by atoms with E-state index in [0.717, 1.165) is 24.1 Å². The lowest BCUT2D eigenvalue weighted by molar-refractivity contribution is -0.108. The molecule has 2 unspecified atom stereocenters. The summed E-state index contributed by atoms with van der Waals surface area (Å²) in [6.07, 6.45) is 7.13. The predicted octanol–water partition coefficient (Wildman–Crippen LogP) is 3.09. The van der Waals surface area contributed by atoms with Gasteiger partial charge in [-0.1, -0.05) is 0 Å². The largest absolute Gasteiger partial charge is 0.494 e. The first-order chi connectivity index (χ1) is 10.7. The van der Waals surface area contributed by atoms with Crippen LogP contribution in [-0.2, 0) is 9.59 Å². The first kappa shape index (κ1) is 18.9. The molecule has 0 bridgehead atoms. The van der Waals surface area contributed by atoms with E-state index in [4.69, 9.17) is 9.47 Å². The van der Waals surface area contributed by atoms with Crippen LogP contribution in [0.5, 0.6) is 11.5 Å². The van der Waals surface area contributed by atoms with Crippen LogP contribution >= 0.6 is 23.5 Å². The van der Waals surface area contributed by atoms with E-state index in [0.29, 0.717) is 26.1 Å². The highest BCUT2D eigenvalue weighted by Gasteiger charge is 2.06. The topological polar surface area (TPSA) is 52.6 Å². The van der Waals surface area contributed by atoms with Crippen molar-refractivity contribution in [3.8, 4) is 11.5 Å². The molecule has 1 rings (SSSR count). The minimum absolute atomic E-state index is 0.00944. The maximum absolute atomic E-state index is 10.7. The average Bonchev–Trinajstić information content (AvgIpc) is 2.57. The van der Waals surface area contributed by atoms with Gasteiger partial charge in [-0.05, 0) is 49.6 Å². The van der Waals surface area contributed by atoms with Crippen molar-refractivity contribution in [2.45, 2.75) is 23.3 Å². The summed E-state index contributed by atoms with van der Waals surface area (Å²) in [5.74, 6) is 1.51. The Balaban J connectivity index is 2.30. The third-order valence-corrected chi connectivity index (χ3v) is 4.98. The Bertz CT molecular complexity index is 395. The van der Waals surface area contributed by atoms with Gasteiger partial charge in [-0.25, -0.2) is 0 Å². The van der Waals surface area contributed by atoms with Crippen molar-refractivity contribution < 1.29 is 19.1 Å². The van der Waals surface area contributed by atoms with Crippen molar-refractivity contribution in [2.75, 3.05) is 25.7 Å². The van der Waals surface area contributed by atoms with Crippen LogP contribution in [0.1, 0.15) is 12.8 Å². The molecule has 0 aliphatic rings. The van der Waals surface area contributed by atoms with Crippen LogP contribution in [0.3, 0.4) is 0 Å². The van der Waals surface area contributed by atoms with Gasteiger partial charge >= 0.3 is 0 Å². The summed E-state index contributed by atoms with van der Waals surface area (Å²) in [5.41, 5.74) is 0. The van der Waals surface area contributed by atoms with Gasteiger partial charge in [-0.15, -0.1) is 0 Å². The van der Waals surface area contributed by atoms with E-state index in [-0.39, 0.29) is 10.5 Å². The highest BCUT2D eigenvalue weighted by atomic mass is 32.2. The smallest absolute Gasteiger partial charge is 0.133 e. The number of carbonyl (C=O) groups excluding carboxylic acids is 2. The van der Waals surface area contributed by atoms with Crippen molar-refractivity contribution in [1.82, 2.24) is 0 Å². The molecule has 0 saturated heterocycles. The molecule has 6 heteroatoms. The molecule has 0 N–H and O–H groups in total. The second-order valence-corrected chi connectivity index (χ2v) is 6.72. The second-order valence-electron chi connectivity index (χ2n) is 4.57. The Morgan fingerprint density at radius 3 is 1.50 bits per heavy atom. The van der Waals surface area contributed by atoms with Crippen molar-refractivity contribution in [2.24, 2.45) is 0 Å². The van der Waals surface area contributed by atoms with Gasteiger partial charge in [0.15, 0.2) is 0 Å². The highest BCUT2D eigenvalue weighted by Crippen LogP contribution is 2.19. The molecule has 122 valence electrons. The van der Waals surface area contributed by atoms with Crippen LogP contribution in [0, 0.1) is 0 Å². The molecule has 0 amide bonds. The molecule has 0 spiro atoms. The Morgan fingerprint density at radius 1 is 0.864 bits per heavy atom. The summed E-state index contributed by atoms with van der Waals surface area (Å²) in [6, 6.07) is 7.37. The molecular weight excluding hydrogens is 320 g/mol. The third kappa shape index (κ3) is 7.22. The van der Waals surface area contributed by atoms with Gasteiger partial charge in [-0.3, -0.25) is 0 Å². The molecule has 22 heavy (non-hydrogen) atoms. The first-order valence-electron chi connectivity index (χ1n) is 7.05. The van der Waals surface area contributed by atoms with Crippen LogP contribution in [0.25, 0.3) is 0 Å². The molecule has 0 heterocycles. The third-order valence-electron chi connectivity index (χ3n) is 3.07. The van der Waals surface area contributed by atoms with Crippen LogP contribution in [0.15, 0.2) is 24.3 Å². The zero-order chi connectivity index (χ0) is 16.2. The van der Waals surface area contributed by atoms with Crippen molar-refractivity contribution in [1.29, 1.82) is 0 Å². The lowest BCUT2D eigenvalue weighted by atomic mass is 10.3. The molecule has 1 aromatic carbocycles. The van der Waals surface area contributed by atoms with Crippen molar-refractivity contribution in [3.05, 3.63) is 24.3 Å². The lowest BCUT2D eigenvalue weighted by Crippen LogP contribution is -2.10. The van der Waals surface area contributed by atoms with Crippen LogP contribution in [0.2, 0.25) is 0 Å². The van der Waals surface area contributed by atoms with Crippen LogP contribution < -0.4 is 9.47 Å². The Labute approximate surface area is 140 Å². The molecule has 0 saturated carbocycles. The number of rotatable bonds is 12. The van der Waals surface area contributed by atoms with E-state index in [1.165, 1.54) is 23.5 Å². The van der Waals surface area contributed by atoms with E-state index in [2.05, 4.69) is 0 Å². The fourth-order valence-electron chi connectivity index (χ4n) is 1.70. The maximum atomic E-state index is 10.7. The molecule has 4 nitrogen and oxygen atoms in total. The van der Waals surface area contributed by atoms with Gasteiger partial charge in [-0.2, -0.15) is 23.5 Å². The van der Waals surface area contributed by atoms with E-state index in [1.54, 1.807) is 0 Å². The van der Waals surface area contributed by atoms with E-state index in [1.807, 2.05) is 36.8 Å². The standard InChI is InChI=1S/C16H22O4S2/c1-21-15(11-17)7-9-19-13-3-5-14(6-4-13)20-10-8-16(12-18)22-2/h3-6,11-12,15-16H,7-10H2,1-2H3. The van der Waals surface area contributed by atoms with Gasteiger partial charge < -0.3 is 19.1 Å². The number of thioether (sulfide) groups is 2. The first-order valence-corrected chi connectivity index (χ1v) is 9.63. The monoisotopic (exact) mass is 342 g/mol. The van der Waals surface area contributed by atoms with Crippen LogP contribution in [-0.4, -0.2) is 48.8 Å². The van der Waals surface area contributed by atoms with Gasteiger partial charge in [0.05, 0.1) is 23.7 Å². The normalized spacial score (nSPS) is 13.2. The summed E-state index contributed by atoms with van der Waals surface area (Å²) in [4.78, 5) is 21.4. The number of ether oxygens (including phenoxy) is 2. The SMILES string of the molecule is CSC(C=O)CCOc1ccc(OCCC(C=O)SC)cc1. The Kier molecular flexibility index (Phi) is 9.82. The predicted molar refractivity (Wildman–Crippen MR) is 93.4 cm³/mol. The molecule has 0 fully saturated rings. The second kappa shape index (κ2) is 11.4. The summed E-state index contributed by atoms with van der Waals surface area (Å²) in [5, 5.41) is -0.0189. The molecule has 0 radical (unpaired) electrons. The number of hydrogen-bond acceptors (Lipinski definition) is 6. The summed E-state index contributed by atoms with van der Waals surface area (Å²) < 4.78 is 11.2. The number of carbonyl (C=O) groups is 2. The average molecular weight is 342 g/mol. The molecule has 0 aromatic heterocycles. The Hall–Kier alpha value is -1.14. The molecule has 0 aliphatic carbocycles. The summed E-state index contributed by atoms with van der Waals surface area (Å²) >= 11 is 3.06.